The summed E-state index contributed by atoms with van der Waals surface area (Å²) in [4.78, 5) is 46.3. The van der Waals surface area contributed by atoms with Crippen LogP contribution in [0.4, 0.5) is 0 Å². The molecule has 2 aromatic carbocycles. The van der Waals surface area contributed by atoms with Crippen molar-refractivity contribution in [3.63, 3.8) is 0 Å². The summed E-state index contributed by atoms with van der Waals surface area (Å²) in [6, 6.07) is 14.2. The van der Waals surface area contributed by atoms with Gasteiger partial charge in [0.05, 0.1) is 0 Å². The molecule has 2 aromatic rings. The average Bonchev–Trinajstić information content (AvgIpc) is 2.69. The normalized spacial score (nSPS) is 11.7. The fourth-order valence-electron chi connectivity index (χ4n) is 2.41. The van der Waals surface area contributed by atoms with Crippen LogP contribution in [0.5, 0.6) is 0 Å². The van der Waals surface area contributed by atoms with Crippen LogP contribution in [0.2, 0.25) is 0 Å². The lowest BCUT2D eigenvalue weighted by molar-refractivity contribution is -0.137. The first-order valence-electron chi connectivity index (χ1n) is 8.56. The average molecular weight is 380 g/mol. The molecule has 7 nitrogen and oxygen atoms in total. The number of allylic oxidation sites excluding steroid dienone is 1. The number of benzene rings is 2. The lowest BCUT2D eigenvalue weighted by Gasteiger charge is -2.14. The first-order valence-corrected chi connectivity index (χ1v) is 8.56. The van der Waals surface area contributed by atoms with Gasteiger partial charge in [-0.3, -0.25) is 19.2 Å². The molecule has 0 fully saturated rings. The fourth-order valence-corrected chi connectivity index (χ4v) is 2.41. The van der Waals surface area contributed by atoms with Gasteiger partial charge in [-0.2, -0.15) is 0 Å². The Morgan fingerprint density at radius 2 is 1.61 bits per heavy atom. The number of aliphatic carboxylic acids is 1. The van der Waals surface area contributed by atoms with E-state index in [1.807, 2.05) is 6.07 Å². The molecular weight excluding hydrogens is 360 g/mol. The third-order valence-electron chi connectivity index (χ3n) is 3.95. The van der Waals surface area contributed by atoms with Gasteiger partial charge in [0.15, 0.2) is 5.78 Å². The van der Waals surface area contributed by atoms with Crippen LogP contribution in [0.3, 0.4) is 0 Å². The quantitative estimate of drug-likeness (QED) is 0.453. The lowest BCUT2D eigenvalue weighted by Crippen LogP contribution is -2.44. The second-order valence-corrected chi connectivity index (χ2v) is 6.05. The first kappa shape index (κ1) is 20.6. The van der Waals surface area contributed by atoms with Crippen LogP contribution in [-0.2, 0) is 9.59 Å². The number of nitrogens with two attached hydrogens (primary N) is 1. The number of primary amides is 1. The monoisotopic (exact) mass is 380 g/mol. The number of carboxylic acid groups (broad SMARTS) is 1. The van der Waals surface area contributed by atoms with Crippen molar-refractivity contribution in [3.8, 4) is 0 Å². The molecule has 1 atom stereocenters. The number of carbonyl (C=O) groups is 4. The van der Waals surface area contributed by atoms with Crippen molar-refractivity contribution >= 4 is 29.6 Å². The van der Waals surface area contributed by atoms with E-state index >= 15 is 0 Å². The van der Waals surface area contributed by atoms with Crippen molar-refractivity contribution in [1.29, 1.82) is 0 Å². The summed E-state index contributed by atoms with van der Waals surface area (Å²) in [6.07, 6.45) is 2.71. The zero-order valence-electron chi connectivity index (χ0n) is 15.0. The minimum atomic E-state index is -1.08. The molecule has 0 saturated heterocycles. The molecule has 0 heterocycles. The van der Waals surface area contributed by atoms with Crippen molar-refractivity contribution in [2.24, 2.45) is 5.73 Å². The third-order valence-corrected chi connectivity index (χ3v) is 3.95. The van der Waals surface area contributed by atoms with Crippen molar-refractivity contribution < 1.29 is 24.3 Å². The van der Waals surface area contributed by atoms with Gasteiger partial charge in [0.2, 0.25) is 5.91 Å². The highest BCUT2D eigenvalue weighted by Gasteiger charge is 2.19. The van der Waals surface area contributed by atoms with Crippen molar-refractivity contribution in [2.45, 2.75) is 18.9 Å². The number of rotatable bonds is 9. The van der Waals surface area contributed by atoms with E-state index in [0.717, 1.165) is 5.56 Å². The Morgan fingerprint density at radius 3 is 2.18 bits per heavy atom. The molecule has 0 spiro atoms. The third kappa shape index (κ3) is 6.21. The lowest BCUT2D eigenvalue weighted by atomic mass is 10.1. The van der Waals surface area contributed by atoms with Gasteiger partial charge in [0.25, 0.3) is 5.91 Å². The molecule has 2 amide bonds. The van der Waals surface area contributed by atoms with Crippen molar-refractivity contribution in [2.75, 3.05) is 0 Å². The molecule has 4 N–H and O–H groups in total. The fraction of sp³-hybridized carbons (Fsp3) is 0.143. The van der Waals surface area contributed by atoms with E-state index in [1.165, 1.54) is 18.2 Å². The van der Waals surface area contributed by atoms with E-state index in [9.17, 15) is 19.2 Å². The summed E-state index contributed by atoms with van der Waals surface area (Å²) in [7, 11) is 0. The molecule has 0 saturated carbocycles. The number of hydrogen-bond acceptors (Lipinski definition) is 4. The number of ketones is 1. The molecule has 0 aliphatic heterocycles. The van der Waals surface area contributed by atoms with Gasteiger partial charge in [0, 0.05) is 17.5 Å². The zero-order valence-corrected chi connectivity index (χ0v) is 15.0. The van der Waals surface area contributed by atoms with Crippen LogP contribution >= 0.6 is 0 Å². The van der Waals surface area contributed by atoms with Crippen LogP contribution in [0, 0.1) is 0 Å². The molecule has 0 radical (unpaired) electrons. The minimum absolute atomic E-state index is 0.0845. The Kier molecular flexibility index (Phi) is 7.21. The van der Waals surface area contributed by atoms with Crippen LogP contribution in [0.15, 0.2) is 60.7 Å². The van der Waals surface area contributed by atoms with Gasteiger partial charge < -0.3 is 16.2 Å². The molecule has 144 valence electrons. The standard InChI is InChI=1S/C21H20N2O5/c22-20(27)17(11-13-19(25)26)23-21(28)16-9-6-14(7-10-16)8-12-18(24)15-4-2-1-3-5-15/h1-10,12,17H,11,13H2,(H2,22,27)(H,23,28)(H,25,26)/b12-8+/t17-/m0/s1. The summed E-state index contributed by atoms with van der Waals surface area (Å²) in [5, 5.41) is 11.1. The molecule has 0 unspecified atom stereocenters. The van der Waals surface area contributed by atoms with Gasteiger partial charge >= 0.3 is 5.97 Å². The molecule has 0 bridgehead atoms. The second-order valence-electron chi connectivity index (χ2n) is 6.05. The van der Waals surface area contributed by atoms with Crippen LogP contribution in [0.25, 0.3) is 6.08 Å². The highest BCUT2D eigenvalue weighted by Crippen LogP contribution is 2.09. The number of carboxylic acids is 1. The first-order chi connectivity index (χ1) is 13.4. The summed E-state index contributed by atoms with van der Waals surface area (Å²) < 4.78 is 0. The molecule has 2 rings (SSSR count). The Balaban J connectivity index is 1.99. The van der Waals surface area contributed by atoms with E-state index < -0.39 is 23.8 Å². The maximum absolute atomic E-state index is 12.2. The van der Waals surface area contributed by atoms with Crippen LogP contribution in [-0.4, -0.2) is 34.7 Å². The van der Waals surface area contributed by atoms with E-state index in [4.69, 9.17) is 10.8 Å². The Morgan fingerprint density at radius 1 is 0.964 bits per heavy atom. The largest absolute Gasteiger partial charge is 0.481 e. The van der Waals surface area contributed by atoms with E-state index in [1.54, 1.807) is 42.5 Å². The molecule has 0 aromatic heterocycles. The SMILES string of the molecule is NC(=O)[C@H](CCC(=O)O)NC(=O)c1ccc(/C=C/C(=O)c2ccccc2)cc1. The number of hydrogen-bond donors (Lipinski definition) is 3. The van der Waals surface area contributed by atoms with E-state index in [2.05, 4.69) is 5.32 Å². The molecule has 0 aliphatic carbocycles. The van der Waals surface area contributed by atoms with Gasteiger partial charge in [0.1, 0.15) is 6.04 Å². The van der Waals surface area contributed by atoms with Gasteiger partial charge in [-0.25, -0.2) is 0 Å². The van der Waals surface area contributed by atoms with Crippen molar-refractivity contribution in [1.82, 2.24) is 5.32 Å². The summed E-state index contributed by atoms with van der Waals surface area (Å²) >= 11 is 0. The number of nitrogens with one attached hydrogen (secondary N) is 1. The summed E-state index contributed by atoms with van der Waals surface area (Å²) in [6.45, 7) is 0. The molecule has 7 heteroatoms. The molecular formula is C21H20N2O5. The molecule has 28 heavy (non-hydrogen) atoms. The van der Waals surface area contributed by atoms with E-state index in [0.29, 0.717) is 5.56 Å². The number of carbonyl (C=O) groups excluding carboxylic acids is 3. The van der Waals surface area contributed by atoms with Crippen LogP contribution in [0.1, 0.15) is 39.1 Å². The van der Waals surface area contributed by atoms with Gasteiger partial charge in [-0.05, 0) is 30.2 Å². The highest BCUT2D eigenvalue weighted by molar-refractivity contribution is 6.06. The maximum atomic E-state index is 12.2. The second kappa shape index (κ2) is 9.82. The summed E-state index contributed by atoms with van der Waals surface area (Å²) in [5.74, 6) is -2.55. The Hall–Kier alpha value is -3.74. The van der Waals surface area contributed by atoms with Gasteiger partial charge in [-0.15, -0.1) is 0 Å². The van der Waals surface area contributed by atoms with Crippen molar-refractivity contribution in [3.05, 3.63) is 77.4 Å². The zero-order chi connectivity index (χ0) is 20.5. The topological polar surface area (TPSA) is 127 Å². The minimum Gasteiger partial charge on any atom is -0.481 e. The maximum Gasteiger partial charge on any atom is 0.303 e. The Bertz CT molecular complexity index is 889. The molecule has 0 aliphatic rings. The number of amides is 2. The van der Waals surface area contributed by atoms with Crippen LogP contribution < -0.4 is 11.1 Å². The summed E-state index contributed by atoms with van der Waals surface area (Å²) in [5.41, 5.74) is 6.78. The van der Waals surface area contributed by atoms with Gasteiger partial charge in [-0.1, -0.05) is 48.5 Å². The highest BCUT2D eigenvalue weighted by atomic mass is 16.4. The predicted octanol–water partition coefficient (Wildman–Crippen LogP) is 2.03. The smallest absolute Gasteiger partial charge is 0.303 e. The Labute approximate surface area is 161 Å². The predicted molar refractivity (Wildman–Crippen MR) is 104 cm³/mol. The van der Waals surface area contributed by atoms with E-state index in [-0.39, 0.29) is 24.2 Å².